The molecule has 1 aromatic heterocycles. The highest BCUT2D eigenvalue weighted by Crippen LogP contribution is 2.40. The van der Waals surface area contributed by atoms with E-state index >= 15 is 0 Å². The van der Waals surface area contributed by atoms with Crippen LogP contribution in [0.3, 0.4) is 0 Å². The summed E-state index contributed by atoms with van der Waals surface area (Å²) < 4.78 is 25.3. The lowest BCUT2D eigenvalue weighted by atomic mass is 10.2. The number of aromatic nitrogens is 1. The Bertz CT molecular complexity index is 957. The van der Waals surface area contributed by atoms with E-state index in [2.05, 4.69) is 9.88 Å². The van der Waals surface area contributed by atoms with Gasteiger partial charge in [0.2, 0.25) is 0 Å². The Morgan fingerprint density at radius 1 is 1.21 bits per heavy atom. The van der Waals surface area contributed by atoms with E-state index in [9.17, 15) is 14.0 Å². The number of ether oxygens (including phenoxy) is 2. The lowest BCUT2D eigenvalue weighted by Crippen LogP contribution is -2.56. The van der Waals surface area contributed by atoms with Gasteiger partial charge in [0.1, 0.15) is 11.1 Å². The Hall–Kier alpha value is -2.42. The summed E-state index contributed by atoms with van der Waals surface area (Å²) in [5.74, 6) is -1.11. The summed E-state index contributed by atoms with van der Waals surface area (Å²) in [5, 5.41) is 0.720. The van der Waals surface area contributed by atoms with Gasteiger partial charge in [-0.15, -0.1) is 0 Å². The van der Waals surface area contributed by atoms with Gasteiger partial charge in [0.15, 0.2) is 10.9 Å². The molecule has 0 spiro atoms. The number of hydrogen-bond acceptors (Lipinski definition) is 7. The highest BCUT2D eigenvalue weighted by atomic mass is 32.1. The van der Waals surface area contributed by atoms with E-state index in [4.69, 9.17) is 9.47 Å². The molecule has 2 aliphatic rings. The van der Waals surface area contributed by atoms with E-state index < -0.39 is 17.4 Å². The predicted octanol–water partition coefficient (Wildman–Crippen LogP) is 3.81. The molecule has 4 rings (SSSR count). The minimum Gasteiger partial charge on any atom is -0.465 e. The molecule has 2 aromatic rings. The maximum absolute atomic E-state index is 14.5. The number of carbonyl (C=O) groups is 2. The third-order valence-corrected chi connectivity index (χ3v) is 6.23. The molecule has 7 nitrogen and oxygen atoms in total. The number of carbonyl (C=O) groups excluding carboxylic acids is 2. The first-order valence-corrected chi connectivity index (χ1v) is 10.4. The van der Waals surface area contributed by atoms with Crippen molar-refractivity contribution in [1.82, 2.24) is 9.88 Å². The van der Waals surface area contributed by atoms with Gasteiger partial charge in [-0.2, -0.15) is 0 Å². The predicted molar refractivity (Wildman–Crippen MR) is 108 cm³/mol. The zero-order valence-corrected chi connectivity index (χ0v) is 17.7. The van der Waals surface area contributed by atoms with Gasteiger partial charge >= 0.3 is 12.1 Å². The fourth-order valence-corrected chi connectivity index (χ4v) is 5.18. The van der Waals surface area contributed by atoms with Crippen molar-refractivity contribution >= 4 is 38.7 Å². The average Bonchev–Trinajstić information content (AvgIpc) is 3.17. The number of nitrogens with zero attached hydrogens (tertiary/aromatic N) is 3. The van der Waals surface area contributed by atoms with Gasteiger partial charge in [0, 0.05) is 25.2 Å². The lowest BCUT2D eigenvalue weighted by molar-refractivity contribution is 0.0209. The molecule has 2 saturated heterocycles. The standard InChI is InChI=1S/C20H24FN3O4S/c1-20(2,3)28-19(26)23-9-12-5-6-13(10-23)24(12)18-22-16-14(21)7-11(17(25)27-4)8-15(16)29-18/h7-8,12-13H,5-6,9-10H2,1-4H3. The largest absolute Gasteiger partial charge is 0.465 e. The molecule has 2 aliphatic heterocycles. The second-order valence-corrected chi connectivity index (χ2v) is 9.48. The van der Waals surface area contributed by atoms with E-state index in [1.807, 2.05) is 20.8 Å². The highest BCUT2D eigenvalue weighted by molar-refractivity contribution is 7.22. The first-order chi connectivity index (χ1) is 13.7. The summed E-state index contributed by atoms with van der Waals surface area (Å²) in [7, 11) is 1.27. The van der Waals surface area contributed by atoms with E-state index in [0.717, 1.165) is 24.0 Å². The van der Waals surface area contributed by atoms with Crippen LogP contribution in [0, 0.1) is 5.82 Å². The van der Waals surface area contributed by atoms with Crippen molar-refractivity contribution in [3.8, 4) is 0 Å². The molecule has 0 N–H and O–H groups in total. The van der Waals surface area contributed by atoms with Gasteiger partial charge < -0.3 is 19.3 Å². The van der Waals surface area contributed by atoms with Crippen LogP contribution in [0.4, 0.5) is 14.3 Å². The van der Waals surface area contributed by atoms with E-state index in [0.29, 0.717) is 17.8 Å². The van der Waals surface area contributed by atoms with E-state index in [1.54, 1.807) is 11.0 Å². The summed E-state index contributed by atoms with van der Waals surface area (Å²) in [5.41, 5.74) is -0.105. The maximum atomic E-state index is 14.5. The quantitative estimate of drug-likeness (QED) is 0.687. The van der Waals surface area contributed by atoms with Crippen molar-refractivity contribution in [1.29, 1.82) is 0 Å². The van der Waals surface area contributed by atoms with E-state index in [1.165, 1.54) is 18.4 Å². The Labute approximate surface area is 172 Å². The molecule has 2 fully saturated rings. The molecule has 156 valence electrons. The van der Waals surface area contributed by atoms with Crippen molar-refractivity contribution in [2.24, 2.45) is 0 Å². The maximum Gasteiger partial charge on any atom is 0.410 e. The fourth-order valence-electron chi connectivity index (χ4n) is 4.01. The summed E-state index contributed by atoms with van der Waals surface area (Å²) in [6, 6.07) is 3.01. The lowest BCUT2D eigenvalue weighted by Gasteiger charge is -2.41. The number of likely N-dealkylation sites (tertiary alicyclic amines) is 1. The Kier molecular flexibility index (Phi) is 4.88. The summed E-state index contributed by atoms with van der Waals surface area (Å²) in [6.45, 7) is 6.67. The Morgan fingerprint density at radius 2 is 1.86 bits per heavy atom. The molecule has 2 atom stereocenters. The molecule has 0 saturated carbocycles. The number of esters is 1. The van der Waals surface area contributed by atoms with Crippen LogP contribution in [0.5, 0.6) is 0 Å². The summed E-state index contributed by atoms with van der Waals surface area (Å²) >= 11 is 1.36. The number of hydrogen-bond donors (Lipinski definition) is 0. The van der Waals surface area contributed by atoms with Crippen LogP contribution in [0.2, 0.25) is 0 Å². The van der Waals surface area contributed by atoms with Crippen molar-refractivity contribution in [3.05, 3.63) is 23.5 Å². The van der Waals surface area contributed by atoms with Crippen LogP contribution in [-0.2, 0) is 9.47 Å². The molecular formula is C20H24FN3O4S. The third-order valence-electron chi connectivity index (χ3n) is 5.21. The highest BCUT2D eigenvalue weighted by Gasteiger charge is 2.43. The normalized spacial score (nSPS) is 21.6. The van der Waals surface area contributed by atoms with Gasteiger partial charge in [0.05, 0.1) is 17.4 Å². The molecule has 2 bridgehead atoms. The molecule has 1 amide bonds. The zero-order valence-electron chi connectivity index (χ0n) is 16.9. The number of piperazine rings is 1. The van der Waals surface area contributed by atoms with E-state index in [-0.39, 0.29) is 29.3 Å². The Balaban J connectivity index is 1.58. The molecule has 3 heterocycles. The first-order valence-electron chi connectivity index (χ1n) is 9.61. The van der Waals surface area contributed by atoms with Crippen molar-refractivity contribution in [2.45, 2.75) is 51.3 Å². The van der Waals surface area contributed by atoms with Crippen molar-refractivity contribution in [2.75, 3.05) is 25.1 Å². The second-order valence-electron chi connectivity index (χ2n) is 8.47. The number of amides is 1. The molecular weight excluding hydrogens is 397 g/mol. The summed E-state index contributed by atoms with van der Waals surface area (Å²) in [4.78, 5) is 32.7. The van der Waals surface area contributed by atoms with Gasteiger partial charge in [-0.1, -0.05) is 11.3 Å². The smallest absolute Gasteiger partial charge is 0.410 e. The van der Waals surface area contributed by atoms with Crippen molar-refractivity contribution in [3.63, 3.8) is 0 Å². The first kappa shape index (κ1) is 19.9. The number of methoxy groups -OCH3 is 1. The number of anilines is 1. The number of fused-ring (bicyclic) bond motifs is 3. The number of halogens is 1. The SMILES string of the molecule is COC(=O)c1cc(F)c2nc(N3C4CCC3CN(C(=O)OC(C)(C)C)C4)sc2c1. The number of benzene rings is 1. The molecule has 29 heavy (non-hydrogen) atoms. The number of thiazole rings is 1. The molecule has 0 radical (unpaired) electrons. The minimum atomic E-state index is -0.577. The molecule has 9 heteroatoms. The van der Waals surface area contributed by atoms with Gasteiger partial charge in [-0.25, -0.2) is 19.0 Å². The van der Waals surface area contributed by atoms with Gasteiger partial charge in [0.25, 0.3) is 0 Å². The van der Waals surface area contributed by atoms with Crippen LogP contribution >= 0.6 is 11.3 Å². The Morgan fingerprint density at radius 3 is 2.45 bits per heavy atom. The van der Waals surface area contributed by atoms with Crippen LogP contribution in [0.1, 0.15) is 44.0 Å². The van der Waals surface area contributed by atoms with Crippen LogP contribution in [0.15, 0.2) is 12.1 Å². The minimum absolute atomic E-state index is 0.116. The molecule has 2 unspecified atom stereocenters. The third kappa shape index (κ3) is 3.75. The molecule has 0 aliphatic carbocycles. The topological polar surface area (TPSA) is 72.0 Å². The van der Waals surface area contributed by atoms with Crippen LogP contribution < -0.4 is 4.90 Å². The number of rotatable bonds is 2. The van der Waals surface area contributed by atoms with Crippen LogP contribution in [0.25, 0.3) is 10.2 Å². The average molecular weight is 421 g/mol. The molecule has 1 aromatic carbocycles. The van der Waals surface area contributed by atoms with Gasteiger partial charge in [-0.3, -0.25) is 0 Å². The van der Waals surface area contributed by atoms with Crippen LogP contribution in [-0.4, -0.2) is 59.8 Å². The zero-order chi connectivity index (χ0) is 20.9. The second kappa shape index (κ2) is 7.12. The fraction of sp³-hybridized carbons (Fsp3) is 0.550. The van der Waals surface area contributed by atoms with Gasteiger partial charge in [-0.05, 0) is 45.7 Å². The van der Waals surface area contributed by atoms with Crippen molar-refractivity contribution < 1.29 is 23.5 Å². The summed E-state index contributed by atoms with van der Waals surface area (Å²) in [6.07, 6.45) is 1.58. The monoisotopic (exact) mass is 421 g/mol.